The second kappa shape index (κ2) is 6.75. The van der Waals surface area contributed by atoms with Gasteiger partial charge in [-0.15, -0.1) is 0 Å². The number of rotatable bonds is 3. The first-order chi connectivity index (χ1) is 12.3. The predicted molar refractivity (Wildman–Crippen MR) is 90.4 cm³/mol. The Bertz CT molecular complexity index is 998. The Morgan fingerprint density at radius 3 is 2.54 bits per heavy atom. The van der Waals surface area contributed by atoms with Gasteiger partial charge >= 0.3 is 12.1 Å². The number of benzene rings is 2. The standard InChI is InChI=1S/C17H11F3N2O3S/c1-25-15(24)10-4-2-3-9(7-10)14(23)22-16-21-12-6-5-11(17(18,19)20)8-13(12)26-16/h2-8H,1H3,(H,21,22,23). The zero-order valence-corrected chi connectivity index (χ0v) is 14.1. The molecule has 1 N–H and O–H groups in total. The van der Waals surface area contributed by atoms with E-state index in [0.717, 1.165) is 23.5 Å². The van der Waals surface area contributed by atoms with Crippen LogP contribution in [0.2, 0.25) is 0 Å². The largest absolute Gasteiger partial charge is 0.465 e. The van der Waals surface area contributed by atoms with Crippen molar-refractivity contribution in [3.63, 3.8) is 0 Å². The van der Waals surface area contributed by atoms with E-state index < -0.39 is 23.6 Å². The second-order valence-corrected chi connectivity index (χ2v) is 6.26. The van der Waals surface area contributed by atoms with Crippen LogP contribution < -0.4 is 5.32 Å². The summed E-state index contributed by atoms with van der Waals surface area (Å²) in [6, 6.07) is 9.05. The number of nitrogens with one attached hydrogen (secondary N) is 1. The van der Waals surface area contributed by atoms with Gasteiger partial charge in [-0.25, -0.2) is 9.78 Å². The number of hydrogen-bond acceptors (Lipinski definition) is 5. The van der Waals surface area contributed by atoms with Gasteiger partial charge in [0.2, 0.25) is 0 Å². The SMILES string of the molecule is COC(=O)c1cccc(C(=O)Nc2nc3ccc(C(F)(F)F)cc3s2)c1. The average Bonchev–Trinajstić information content (AvgIpc) is 3.01. The fourth-order valence-corrected chi connectivity index (χ4v) is 3.13. The molecule has 5 nitrogen and oxygen atoms in total. The highest BCUT2D eigenvalue weighted by molar-refractivity contribution is 7.22. The monoisotopic (exact) mass is 380 g/mol. The van der Waals surface area contributed by atoms with Crippen LogP contribution in [0.15, 0.2) is 42.5 Å². The molecule has 0 aliphatic carbocycles. The van der Waals surface area contributed by atoms with Gasteiger partial charge in [-0.2, -0.15) is 13.2 Å². The topological polar surface area (TPSA) is 68.3 Å². The summed E-state index contributed by atoms with van der Waals surface area (Å²) in [5.74, 6) is -1.12. The molecule has 3 rings (SSSR count). The van der Waals surface area contributed by atoms with E-state index in [-0.39, 0.29) is 16.3 Å². The molecule has 26 heavy (non-hydrogen) atoms. The summed E-state index contributed by atoms with van der Waals surface area (Å²) in [5, 5.41) is 2.69. The lowest BCUT2D eigenvalue weighted by Crippen LogP contribution is -2.12. The number of aromatic nitrogens is 1. The molecule has 0 aliphatic rings. The van der Waals surface area contributed by atoms with Gasteiger partial charge in [-0.3, -0.25) is 10.1 Å². The molecule has 1 amide bonds. The molecular formula is C17H11F3N2O3S. The van der Waals surface area contributed by atoms with Gasteiger partial charge in [0.1, 0.15) is 0 Å². The first kappa shape index (κ1) is 17.9. The van der Waals surface area contributed by atoms with Crippen LogP contribution in [0, 0.1) is 0 Å². The third-order valence-corrected chi connectivity index (χ3v) is 4.42. The van der Waals surface area contributed by atoms with Crippen molar-refractivity contribution in [3.05, 3.63) is 59.2 Å². The molecule has 0 unspecified atom stereocenters. The van der Waals surface area contributed by atoms with Crippen molar-refractivity contribution in [1.82, 2.24) is 4.98 Å². The highest BCUT2D eigenvalue weighted by Crippen LogP contribution is 2.34. The van der Waals surface area contributed by atoms with E-state index in [9.17, 15) is 22.8 Å². The fraction of sp³-hybridized carbons (Fsp3) is 0.118. The van der Waals surface area contributed by atoms with E-state index in [1.807, 2.05) is 0 Å². The summed E-state index contributed by atoms with van der Waals surface area (Å²) < 4.78 is 43.2. The number of alkyl halides is 3. The third-order valence-electron chi connectivity index (χ3n) is 3.48. The quantitative estimate of drug-likeness (QED) is 0.686. The lowest BCUT2D eigenvalue weighted by molar-refractivity contribution is -0.137. The highest BCUT2D eigenvalue weighted by atomic mass is 32.1. The Morgan fingerprint density at radius 2 is 1.85 bits per heavy atom. The summed E-state index contributed by atoms with van der Waals surface area (Å²) in [6.07, 6.45) is -4.45. The van der Waals surface area contributed by atoms with Crippen molar-refractivity contribution >= 4 is 38.6 Å². The molecule has 0 radical (unpaired) electrons. The summed E-state index contributed by atoms with van der Waals surface area (Å²) in [4.78, 5) is 27.9. The Hall–Kier alpha value is -2.94. The van der Waals surface area contributed by atoms with E-state index in [1.165, 1.54) is 37.4 Å². The zero-order valence-electron chi connectivity index (χ0n) is 13.3. The smallest absolute Gasteiger partial charge is 0.416 e. The lowest BCUT2D eigenvalue weighted by Gasteiger charge is -2.04. The number of nitrogens with zero attached hydrogens (tertiary/aromatic N) is 1. The van der Waals surface area contributed by atoms with E-state index >= 15 is 0 Å². The van der Waals surface area contributed by atoms with Crippen LogP contribution in [-0.4, -0.2) is 24.0 Å². The maximum absolute atomic E-state index is 12.8. The van der Waals surface area contributed by atoms with Gasteiger partial charge < -0.3 is 4.74 Å². The maximum atomic E-state index is 12.8. The van der Waals surface area contributed by atoms with Gasteiger partial charge in [0.05, 0.1) is 28.5 Å². The molecule has 0 fully saturated rings. The number of fused-ring (bicyclic) bond motifs is 1. The molecule has 1 aromatic heterocycles. The molecule has 0 saturated heterocycles. The maximum Gasteiger partial charge on any atom is 0.416 e. The van der Waals surface area contributed by atoms with E-state index in [1.54, 1.807) is 0 Å². The summed E-state index contributed by atoms with van der Waals surface area (Å²) in [5.41, 5.74) is -0.0266. The molecule has 3 aromatic rings. The Labute approximate surface area is 149 Å². The first-order valence-corrected chi connectivity index (χ1v) is 8.07. The molecule has 0 aliphatic heterocycles. The van der Waals surface area contributed by atoms with Crippen LogP contribution in [-0.2, 0) is 10.9 Å². The van der Waals surface area contributed by atoms with Crippen molar-refractivity contribution in [1.29, 1.82) is 0 Å². The lowest BCUT2D eigenvalue weighted by atomic mass is 10.1. The molecule has 9 heteroatoms. The van der Waals surface area contributed by atoms with Gasteiger partial charge in [0.25, 0.3) is 5.91 Å². The van der Waals surface area contributed by atoms with Crippen molar-refractivity contribution < 1.29 is 27.5 Å². The zero-order chi connectivity index (χ0) is 18.9. The van der Waals surface area contributed by atoms with Crippen LogP contribution in [0.1, 0.15) is 26.3 Å². The van der Waals surface area contributed by atoms with Crippen LogP contribution >= 0.6 is 11.3 Å². The normalized spacial score (nSPS) is 11.4. The fourth-order valence-electron chi connectivity index (χ4n) is 2.23. The molecule has 0 atom stereocenters. The molecule has 2 aromatic carbocycles. The van der Waals surface area contributed by atoms with Crippen LogP contribution in [0.25, 0.3) is 10.2 Å². The van der Waals surface area contributed by atoms with Gasteiger partial charge in [-0.05, 0) is 36.4 Å². The number of amides is 1. The number of hydrogen-bond donors (Lipinski definition) is 1. The number of esters is 1. The molecule has 0 bridgehead atoms. The van der Waals surface area contributed by atoms with Crippen LogP contribution in [0.3, 0.4) is 0 Å². The predicted octanol–water partition coefficient (Wildman–Crippen LogP) is 4.35. The van der Waals surface area contributed by atoms with Crippen LogP contribution in [0.4, 0.5) is 18.3 Å². The molecule has 134 valence electrons. The van der Waals surface area contributed by atoms with Crippen molar-refractivity contribution in [3.8, 4) is 0 Å². The minimum atomic E-state index is -4.45. The number of anilines is 1. The van der Waals surface area contributed by atoms with Crippen LogP contribution in [0.5, 0.6) is 0 Å². The summed E-state index contributed by atoms with van der Waals surface area (Å²) in [6.45, 7) is 0. The summed E-state index contributed by atoms with van der Waals surface area (Å²) >= 11 is 0.931. The first-order valence-electron chi connectivity index (χ1n) is 7.25. The number of methoxy groups -OCH3 is 1. The van der Waals surface area contributed by atoms with E-state index in [2.05, 4.69) is 15.0 Å². The number of halogens is 3. The Kier molecular flexibility index (Phi) is 4.64. The molecule has 1 heterocycles. The average molecular weight is 380 g/mol. The molecule has 0 saturated carbocycles. The Balaban J connectivity index is 1.84. The van der Waals surface area contributed by atoms with E-state index in [4.69, 9.17) is 0 Å². The van der Waals surface area contributed by atoms with Crippen molar-refractivity contribution in [2.45, 2.75) is 6.18 Å². The number of thiazole rings is 1. The summed E-state index contributed by atoms with van der Waals surface area (Å²) in [7, 11) is 1.23. The highest BCUT2D eigenvalue weighted by Gasteiger charge is 2.30. The second-order valence-electron chi connectivity index (χ2n) is 5.23. The van der Waals surface area contributed by atoms with Gasteiger partial charge in [0, 0.05) is 5.56 Å². The Morgan fingerprint density at radius 1 is 1.12 bits per heavy atom. The third kappa shape index (κ3) is 3.67. The number of carbonyl (C=O) groups excluding carboxylic acids is 2. The van der Waals surface area contributed by atoms with Gasteiger partial charge in [0.15, 0.2) is 5.13 Å². The minimum absolute atomic E-state index is 0.160. The van der Waals surface area contributed by atoms with Crippen molar-refractivity contribution in [2.24, 2.45) is 0 Å². The van der Waals surface area contributed by atoms with Crippen molar-refractivity contribution in [2.75, 3.05) is 12.4 Å². The van der Waals surface area contributed by atoms with E-state index in [0.29, 0.717) is 10.2 Å². The molecular weight excluding hydrogens is 369 g/mol. The van der Waals surface area contributed by atoms with Gasteiger partial charge in [-0.1, -0.05) is 17.4 Å². The minimum Gasteiger partial charge on any atom is -0.465 e. The number of carbonyl (C=O) groups is 2. The molecule has 0 spiro atoms. The number of ether oxygens (including phenoxy) is 1.